The largest absolute Gasteiger partial charge is 0.352 e. The molecule has 0 aliphatic rings. The zero-order valence-electron chi connectivity index (χ0n) is 12.0. The molecule has 0 aromatic heterocycles. The molecule has 0 saturated heterocycles. The van der Waals surface area contributed by atoms with E-state index in [1.807, 2.05) is 43.3 Å². The second kappa shape index (κ2) is 7.25. The predicted molar refractivity (Wildman–Crippen MR) is 86.5 cm³/mol. The summed E-state index contributed by atoms with van der Waals surface area (Å²) in [5.41, 5.74) is 8.69. The molecule has 0 aliphatic heterocycles. The van der Waals surface area contributed by atoms with Gasteiger partial charge in [0.15, 0.2) is 0 Å². The molecule has 3 N–H and O–H groups in total. The number of hydrogen-bond donors (Lipinski definition) is 2. The first-order valence-electron chi connectivity index (χ1n) is 6.93. The average molecular weight is 303 g/mol. The number of aryl methyl sites for hydroxylation is 1. The van der Waals surface area contributed by atoms with Crippen LogP contribution in [0.1, 0.15) is 33.9 Å². The first-order chi connectivity index (χ1) is 10.1. The van der Waals surface area contributed by atoms with Crippen LogP contribution in [0.15, 0.2) is 48.5 Å². The summed E-state index contributed by atoms with van der Waals surface area (Å²) in [4.78, 5) is 12.1. The van der Waals surface area contributed by atoms with Crippen LogP contribution in [0.5, 0.6) is 0 Å². The first-order valence-corrected chi connectivity index (χ1v) is 7.30. The molecule has 2 rings (SSSR count). The van der Waals surface area contributed by atoms with E-state index in [1.54, 1.807) is 12.1 Å². The molecule has 3 nitrogen and oxygen atoms in total. The summed E-state index contributed by atoms with van der Waals surface area (Å²) in [6, 6.07) is 15.2. The standard InChI is InChI=1S/C17H19ClN2O/c1-12-7-8-14(15(18)11-12)17(21)20-10-9-16(19)13-5-3-2-4-6-13/h2-8,11,16H,9-10,19H2,1H3,(H,20,21). The van der Waals surface area contributed by atoms with Gasteiger partial charge in [0, 0.05) is 12.6 Å². The number of amides is 1. The van der Waals surface area contributed by atoms with Gasteiger partial charge in [-0.1, -0.05) is 48.0 Å². The minimum atomic E-state index is -0.166. The molecule has 0 radical (unpaired) electrons. The van der Waals surface area contributed by atoms with Crippen molar-refractivity contribution in [3.8, 4) is 0 Å². The van der Waals surface area contributed by atoms with Crippen molar-refractivity contribution in [2.45, 2.75) is 19.4 Å². The summed E-state index contributed by atoms with van der Waals surface area (Å²) in [7, 11) is 0. The minimum absolute atomic E-state index is 0.0833. The van der Waals surface area contributed by atoms with Crippen LogP contribution in [-0.4, -0.2) is 12.5 Å². The molecule has 1 unspecified atom stereocenters. The van der Waals surface area contributed by atoms with Gasteiger partial charge < -0.3 is 11.1 Å². The van der Waals surface area contributed by atoms with Gasteiger partial charge in [0.1, 0.15) is 0 Å². The van der Waals surface area contributed by atoms with Crippen LogP contribution in [0.4, 0.5) is 0 Å². The SMILES string of the molecule is Cc1ccc(C(=O)NCCC(N)c2ccccc2)c(Cl)c1. The molecule has 1 atom stereocenters. The van der Waals surface area contributed by atoms with Crippen LogP contribution in [0.3, 0.4) is 0 Å². The second-order valence-corrected chi connectivity index (χ2v) is 5.45. The van der Waals surface area contributed by atoms with E-state index in [1.165, 1.54) is 0 Å². The van der Waals surface area contributed by atoms with E-state index in [4.69, 9.17) is 17.3 Å². The van der Waals surface area contributed by atoms with Gasteiger partial charge in [-0.25, -0.2) is 0 Å². The summed E-state index contributed by atoms with van der Waals surface area (Å²) >= 11 is 6.08. The van der Waals surface area contributed by atoms with Crippen molar-refractivity contribution < 1.29 is 4.79 Å². The van der Waals surface area contributed by atoms with Gasteiger partial charge in [-0.15, -0.1) is 0 Å². The molecule has 0 saturated carbocycles. The molecule has 21 heavy (non-hydrogen) atoms. The average Bonchev–Trinajstić information content (AvgIpc) is 2.47. The third-order valence-corrected chi connectivity index (χ3v) is 3.65. The topological polar surface area (TPSA) is 55.1 Å². The van der Waals surface area contributed by atoms with Gasteiger partial charge in [0.05, 0.1) is 10.6 Å². The number of nitrogens with two attached hydrogens (primary N) is 1. The highest BCUT2D eigenvalue weighted by molar-refractivity contribution is 6.33. The molecule has 4 heteroatoms. The molecular weight excluding hydrogens is 284 g/mol. The van der Waals surface area contributed by atoms with Crippen LogP contribution >= 0.6 is 11.6 Å². The lowest BCUT2D eigenvalue weighted by molar-refractivity contribution is 0.0952. The number of benzene rings is 2. The van der Waals surface area contributed by atoms with E-state index in [2.05, 4.69) is 5.32 Å². The van der Waals surface area contributed by atoms with Crippen LogP contribution in [-0.2, 0) is 0 Å². The maximum Gasteiger partial charge on any atom is 0.252 e. The Hall–Kier alpha value is -1.84. The number of carbonyl (C=O) groups excluding carboxylic acids is 1. The van der Waals surface area contributed by atoms with E-state index >= 15 is 0 Å². The number of halogens is 1. The van der Waals surface area contributed by atoms with E-state index in [9.17, 15) is 4.79 Å². The minimum Gasteiger partial charge on any atom is -0.352 e. The summed E-state index contributed by atoms with van der Waals surface area (Å²) in [5.74, 6) is -0.166. The fourth-order valence-electron chi connectivity index (χ4n) is 2.11. The smallest absolute Gasteiger partial charge is 0.252 e. The Morgan fingerprint density at radius 1 is 1.24 bits per heavy atom. The molecule has 2 aromatic rings. The Morgan fingerprint density at radius 3 is 2.62 bits per heavy atom. The quantitative estimate of drug-likeness (QED) is 0.888. The van der Waals surface area contributed by atoms with Gasteiger partial charge in [0.25, 0.3) is 5.91 Å². The van der Waals surface area contributed by atoms with E-state index < -0.39 is 0 Å². The van der Waals surface area contributed by atoms with Gasteiger partial charge >= 0.3 is 0 Å². The first kappa shape index (κ1) is 15.5. The summed E-state index contributed by atoms with van der Waals surface area (Å²) in [6.45, 7) is 2.45. The Balaban J connectivity index is 1.87. The van der Waals surface area contributed by atoms with Gasteiger partial charge in [-0.2, -0.15) is 0 Å². The fourth-order valence-corrected chi connectivity index (χ4v) is 2.43. The van der Waals surface area contributed by atoms with Crippen molar-refractivity contribution in [3.63, 3.8) is 0 Å². The van der Waals surface area contributed by atoms with E-state index in [0.29, 0.717) is 23.6 Å². The summed E-state index contributed by atoms with van der Waals surface area (Å²) in [6.07, 6.45) is 0.680. The van der Waals surface area contributed by atoms with Crippen LogP contribution in [0.25, 0.3) is 0 Å². The molecule has 110 valence electrons. The zero-order chi connectivity index (χ0) is 15.2. The third-order valence-electron chi connectivity index (χ3n) is 3.34. The van der Waals surface area contributed by atoms with Crippen molar-refractivity contribution >= 4 is 17.5 Å². The van der Waals surface area contributed by atoms with Crippen molar-refractivity contribution in [3.05, 3.63) is 70.2 Å². The molecule has 0 fully saturated rings. The number of carbonyl (C=O) groups is 1. The lowest BCUT2D eigenvalue weighted by atomic mass is 10.0. The van der Waals surface area contributed by atoms with Gasteiger partial charge in [-0.3, -0.25) is 4.79 Å². The Bertz CT molecular complexity index is 613. The Morgan fingerprint density at radius 2 is 1.95 bits per heavy atom. The van der Waals surface area contributed by atoms with Crippen molar-refractivity contribution in [1.29, 1.82) is 0 Å². The number of hydrogen-bond acceptors (Lipinski definition) is 2. The highest BCUT2D eigenvalue weighted by Crippen LogP contribution is 2.17. The maximum absolute atomic E-state index is 12.1. The van der Waals surface area contributed by atoms with Crippen molar-refractivity contribution in [2.24, 2.45) is 5.73 Å². The van der Waals surface area contributed by atoms with Crippen LogP contribution < -0.4 is 11.1 Å². The molecular formula is C17H19ClN2O. The zero-order valence-corrected chi connectivity index (χ0v) is 12.7. The molecule has 0 spiro atoms. The van der Waals surface area contributed by atoms with Crippen LogP contribution in [0.2, 0.25) is 5.02 Å². The van der Waals surface area contributed by atoms with Gasteiger partial charge in [0.2, 0.25) is 0 Å². The molecule has 1 amide bonds. The second-order valence-electron chi connectivity index (χ2n) is 5.05. The normalized spacial score (nSPS) is 12.0. The molecule has 0 heterocycles. The third kappa shape index (κ3) is 4.31. The lowest BCUT2D eigenvalue weighted by Gasteiger charge is -2.13. The van der Waals surface area contributed by atoms with Gasteiger partial charge in [-0.05, 0) is 36.6 Å². The van der Waals surface area contributed by atoms with E-state index in [0.717, 1.165) is 11.1 Å². The lowest BCUT2D eigenvalue weighted by Crippen LogP contribution is -2.27. The van der Waals surface area contributed by atoms with Crippen LogP contribution in [0, 0.1) is 6.92 Å². The Kier molecular flexibility index (Phi) is 5.37. The summed E-state index contributed by atoms with van der Waals surface area (Å²) < 4.78 is 0. The number of rotatable bonds is 5. The predicted octanol–water partition coefficient (Wildman–Crippen LogP) is 3.47. The maximum atomic E-state index is 12.1. The number of nitrogens with one attached hydrogen (secondary N) is 1. The molecule has 2 aromatic carbocycles. The van der Waals surface area contributed by atoms with Crippen molar-refractivity contribution in [2.75, 3.05) is 6.54 Å². The fraction of sp³-hybridized carbons (Fsp3) is 0.235. The highest BCUT2D eigenvalue weighted by Gasteiger charge is 2.11. The van der Waals surface area contributed by atoms with E-state index in [-0.39, 0.29) is 11.9 Å². The molecule has 0 aliphatic carbocycles. The van der Waals surface area contributed by atoms with Crippen molar-refractivity contribution in [1.82, 2.24) is 5.32 Å². The Labute approximate surface area is 130 Å². The highest BCUT2D eigenvalue weighted by atomic mass is 35.5. The summed E-state index contributed by atoms with van der Waals surface area (Å²) in [5, 5.41) is 3.33. The molecule has 0 bridgehead atoms. The monoisotopic (exact) mass is 302 g/mol.